The molecule has 0 unspecified atom stereocenters. The number of hydrogen-bond donors (Lipinski definition) is 1. The van der Waals surface area contributed by atoms with Crippen LogP contribution in [0.4, 0.5) is 0 Å². The van der Waals surface area contributed by atoms with E-state index in [1.165, 1.54) is 0 Å². The summed E-state index contributed by atoms with van der Waals surface area (Å²) in [6.45, 7) is 4.24. The van der Waals surface area contributed by atoms with Crippen LogP contribution in [0.5, 0.6) is 11.5 Å². The fourth-order valence-corrected chi connectivity index (χ4v) is 2.16. The summed E-state index contributed by atoms with van der Waals surface area (Å²) < 4.78 is 10.6. The molecule has 0 spiro atoms. The third-order valence-corrected chi connectivity index (χ3v) is 3.40. The average molecular weight is 236 g/mol. The molecule has 0 atom stereocenters. The van der Waals surface area contributed by atoms with E-state index in [9.17, 15) is 5.11 Å². The molecule has 1 aliphatic rings. The molecule has 17 heavy (non-hydrogen) atoms. The molecule has 3 nitrogen and oxygen atoms in total. The van der Waals surface area contributed by atoms with Crippen LogP contribution in [0.15, 0.2) is 12.1 Å². The van der Waals surface area contributed by atoms with Gasteiger partial charge in [-0.3, -0.25) is 0 Å². The average Bonchev–Trinajstić information content (AvgIpc) is 3.06. The van der Waals surface area contributed by atoms with E-state index in [2.05, 4.69) is 13.8 Å². The SMILES string of the molecule is COc1cc(C(C)C)c(C2(O)CC2)cc1OC. The lowest BCUT2D eigenvalue weighted by atomic mass is 9.92. The highest BCUT2D eigenvalue weighted by atomic mass is 16.5. The fourth-order valence-electron chi connectivity index (χ4n) is 2.16. The molecule has 1 aliphatic carbocycles. The highest BCUT2D eigenvalue weighted by Crippen LogP contribution is 2.50. The minimum absolute atomic E-state index is 0.356. The van der Waals surface area contributed by atoms with Crippen molar-refractivity contribution in [2.24, 2.45) is 0 Å². The number of ether oxygens (including phenoxy) is 2. The van der Waals surface area contributed by atoms with Gasteiger partial charge in [0, 0.05) is 0 Å². The van der Waals surface area contributed by atoms with Crippen LogP contribution in [0.1, 0.15) is 43.7 Å². The summed E-state index contributed by atoms with van der Waals surface area (Å²) in [6.07, 6.45) is 1.67. The Bertz CT molecular complexity index is 420. The lowest BCUT2D eigenvalue weighted by molar-refractivity contribution is 0.149. The van der Waals surface area contributed by atoms with E-state index < -0.39 is 5.60 Å². The molecule has 0 aromatic heterocycles. The summed E-state index contributed by atoms with van der Waals surface area (Å²) in [5.41, 5.74) is 1.49. The molecule has 3 heteroatoms. The van der Waals surface area contributed by atoms with Gasteiger partial charge in [0.1, 0.15) is 0 Å². The van der Waals surface area contributed by atoms with Gasteiger partial charge in [0.15, 0.2) is 11.5 Å². The zero-order chi connectivity index (χ0) is 12.6. The predicted octanol–water partition coefficient (Wildman–Crippen LogP) is 2.81. The van der Waals surface area contributed by atoms with Crippen LogP contribution in [-0.4, -0.2) is 19.3 Å². The number of benzene rings is 1. The standard InChI is InChI=1S/C14H20O3/c1-9(2)10-7-12(16-3)13(17-4)8-11(10)14(15)5-6-14/h7-9,15H,5-6H2,1-4H3. The number of hydrogen-bond acceptors (Lipinski definition) is 3. The maximum absolute atomic E-state index is 10.3. The summed E-state index contributed by atoms with van der Waals surface area (Å²) >= 11 is 0. The Labute approximate surface area is 102 Å². The maximum Gasteiger partial charge on any atom is 0.161 e. The van der Waals surface area contributed by atoms with Crippen molar-refractivity contribution in [2.75, 3.05) is 14.2 Å². The summed E-state index contributed by atoms with van der Waals surface area (Å²) in [5, 5.41) is 10.3. The van der Waals surface area contributed by atoms with Gasteiger partial charge in [-0.05, 0) is 42.0 Å². The van der Waals surface area contributed by atoms with Crippen molar-refractivity contribution in [1.82, 2.24) is 0 Å². The molecule has 0 aliphatic heterocycles. The summed E-state index contributed by atoms with van der Waals surface area (Å²) in [4.78, 5) is 0. The normalized spacial score (nSPS) is 17.1. The Kier molecular flexibility index (Phi) is 3.04. The first-order valence-electron chi connectivity index (χ1n) is 6.00. The first-order valence-corrected chi connectivity index (χ1v) is 6.00. The quantitative estimate of drug-likeness (QED) is 0.873. The van der Waals surface area contributed by atoms with E-state index in [0.717, 1.165) is 29.7 Å². The highest BCUT2D eigenvalue weighted by molar-refractivity contribution is 5.51. The molecule has 1 aromatic carbocycles. The predicted molar refractivity (Wildman–Crippen MR) is 66.8 cm³/mol. The minimum atomic E-state index is -0.640. The second kappa shape index (κ2) is 4.22. The monoisotopic (exact) mass is 236 g/mol. The Morgan fingerprint density at radius 3 is 2.06 bits per heavy atom. The molecule has 0 saturated heterocycles. The van der Waals surface area contributed by atoms with Crippen LogP contribution in [0, 0.1) is 0 Å². The molecular formula is C14H20O3. The second-order valence-electron chi connectivity index (χ2n) is 4.98. The topological polar surface area (TPSA) is 38.7 Å². The van der Waals surface area contributed by atoms with Crippen LogP contribution in [-0.2, 0) is 5.60 Å². The first-order chi connectivity index (χ1) is 8.01. The first kappa shape index (κ1) is 12.2. The van der Waals surface area contributed by atoms with Gasteiger partial charge in [0.25, 0.3) is 0 Å². The lowest BCUT2D eigenvalue weighted by Crippen LogP contribution is -2.10. The molecule has 1 fully saturated rings. The Hall–Kier alpha value is -1.22. The second-order valence-corrected chi connectivity index (χ2v) is 4.98. The molecule has 1 N–H and O–H groups in total. The number of rotatable bonds is 4. The molecule has 94 valence electrons. The molecule has 1 aromatic rings. The van der Waals surface area contributed by atoms with E-state index in [1.807, 2.05) is 12.1 Å². The van der Waals surface area contributed by atoms with Crippen molar-refractivity contribution in [3.05, 3.63) is 23.3 Å². The largest absolute Gasteiger partial charge is 0.493 e. The Balaban J connectivity index is 2.55. The van der Waals surface area contributed by atoms with Crippen molar-refractivity contribution in [2.45, 2.75) is 38.2 Å². The highest BCUT2D eigenvalue weighted by Gasteiger charge is 2.44. The van der Waals surface area contributed by atoms with E-state index >= 15 is 0 Å². The van der Waals surface area contributed by atoms with Crippen molar-refractivity contribution in [3.63, 3.8) is 0 Å². The zero-order valence-corrected chi connectivity index (χ0v) is 10.9. The Morgan fingerprint density at radius 2 is 1.65 bits per heavy atom. The van der Waals surface area contributed by atoms with Gasteiger partial charge in [-0.25, -0.2) is 0 Å². The van der Waals surface area contributed by atoms with E-state index in [0.29, 0.717) is 11.7 Å². The van der Waals surface area contributed by atoms with Gasteiger partial charge < -0.3 is 14.6 Å². The van der Waals surface area contributed by atoms with Crippen molar-refractivity contribution < 1.29 is 14.6 Å². The Morgan fingerprint density at radius 1 is 1.12 bits per heavy atom. The van der Waals surface area contributed by atoms with Gasteiger partial charge >= 0.3 is 0 Å². The molecule has 0 heterocycles. The van der Waals surface area contributed by atoms with Crippen LogP contribution in [0.2, 0.25) is 0 Å². The fraction of sp³-hybridized carbons (Fsp3) is 0.571. The van der Waals surface area contributed by atoms with Gasteiger partial charge in [-0.2, -0.15) is 0 Å². The van der Waals surface area contributed by atoms with Gasteiger partial charge in [0.05, 0.1) is 19.8 Å². The molecular weight excluding hydrogens is 216 g/mol. The van der Waals surface area contributed by atoms with Gasteiger partial charge in [-0.15, -0.1) is 0 Å². The number of methoxy groups -OCH3 is 2. The van der Waals surface area contributed by atoms with Crippen LogP contribution in [0.25, 0.3) is 0 Å². The molecule has 0 radical (unpaired) electrons. The summed E-state index contributed by atoms with van der Waals surface area (Å²) in [7, 11) is 3.25. The van der Waals surface area contributed by atoms with Crippen molar-refractivity contribution in [1.29, 1.82) is 0 Å². The van der Waals surface area contributed by atoms with Crippen LogP contribution >= 0.6 is 0 Å². The smallest absolute Gasteiger partial charge is 0.161 e. The molecule has 0 amide bonds. The number of aliphatic hydroxyl groups is 1. The maximum atomic E-state index is 10.3. The molecule has 1 saturated carbocycles. The van der Waals surface area contributed by atoms with Gasteiger partial charge in [-0.1, -0.05) is 13.8 Å². The third kappa shape index (κ3) is 2.12. The van der Waals surface area contributed by atoms with E-state index in [-0.39, 0.29) is 0 Å². The summed E-state index contributed by atoms with van der Waals surface area (Å²) in [5.74, 6) is 1.77. The van der Waals surface area contributed by atoms with Gasteiger partial charge in [0.2, 0.25) is 0 Å². The third-order valence-electron chi connectivity index (χ3n) is 3.40. The molecule has 0 bridgehead atoms. The van der Waals surface area contributed by atoms with Crippen molar-refractivity contribution >= 4 is 0 Å². The zero-order valence-electron chi connectivity index (χ0n) is 10.9. The minimum Gasteiger partial charge on any atom is -0.493 e. The van der Waals surface area contributed by atoms with E-state index in [4.69, 9.17) is 9.47 Å². The molecule has 2 rings (SSSR count). The van der Waals surface area contributed by atoms with Crippen LogP contribution in [0.3, 0.4) is 0 Å². The van der Waals surface area contributed by atoms with Crippen LogP contribution < -0.4 is 9.47 Å². The lowest BCUT2D eigenvalue weighted by Gasteiger charge is -2.20. The summed E-state index contributed by atoms with van der Waals surface area (Å²) in [6, 6.07) is 3.90. The van der Waals surface area contributed by atoms with Crippen molar-refractivity contribution in [3.8, 4) is 11.5 Å². The van der Waals surface area contributed by atoms with E-state index in [1.54, 1.807) is 14.2 Å².